The molecule has 0 spiro atoms. The number of azide groups is 1. The highest BCUT2D eigenvalue weighted by Gasteiger charge is 2.45. The molecule has 1 amide bonds. The Morgan fingerprint density at radius 2 is 2.21 bits per heavy atom. The van der Waals surface area contributed by atoms with Gasteiger partial charge in [-0.2, -0.15) is 0 Å². The van der Waals surface area contributed by atoms with Crippen LogP contribution in [0.4, 0.5) is 5.82 Å². The first-order valence-electron chi connectivity index (χ1n) is 9.89. The van der Waals surface area contributed by atoms with Gasteiger partial charge in [0.05, 0.1) is 18.4 Å². The van der Waals surface area contributed by atoms with Gasteiger partial charge < -0.3 is 26.0 Å². The Balaban J connectivity index is 1.54. The number of nitrogens with two attached hydrogens (primary N) is 1. The van der Waals surface area contributed by atoms with Gasteiger partial charge in [0.15, 0.2) is 28.4 Å². The largest absolute Gasteiger partial charge is 0.388 e. The highest BCUT2D eigenvalue weighted by Crippen LogP contribution is 2.36. The number of nitrogen functional groups attached to an aromatic ring is 1. The third kappa shape index (κ3) is 4.99. The molecule has 34 heavy (non-hydrogen) atoms. The highest BCUT2D eigenvalue weighted by atomic mass is 35.5. The predicted molar refractivity (Wildman–Crippen MR) is 121 cm³/mol. The Morgan fingerprint density at radius 1 is 1.38 bits per heavy atom. The number of anilines is 1. The summed E-state index contributed by atoms with van der Waals surface area (Å²) in [6.45, 7) is 0.0765. The number of carbonyl (C=O) groups is 1. The van der Waals surface area contributed by atoms with Crippen LogP contribution in [0.15, 0.2) is 34.9 Å². The second-order valence-corrected chi connectivity index (χ2v) is 8.54. The van der Waals surface area contributed by atoms with Crippen molar-refractivity contribution in [3.05, 3.63) is 45.8 Å². The number of halogens is 1. The van der Waals surface area contributed by atoms with Gasteiger partial charge >= 0.3 is 0 Å². The van der Waals surface area contributed by atoms with Crippen LogP contribution < -0.4 is 11.1 Å². The molecule has 14 nitrogen and oxygen atoms in total. The number of rotatable bonds is 8. The van der Waals surface area contributed by atoms with Crippen LogP contribution >= 0.6 is 23.4 Å². The van der Waals surface area contributed by atoms with Crippen LogP contribution in [0, 0.1) is 0 Å². The number of imidazole rings is 1. The number of thioether (sulfide) groups is 1. The van der Waals surface area contributed by atoms with E-state index in [-0.39, 0.29) is 46.9 Å². The number of ether oxygens (including phenoxy) is 1. The first-order chi connectivity index (χ1) is 16.4. The summed E-state index contributed by atoms with van der Waals surface area (Å²) in [7, 11) is 0. The molecule has 1 fully saturated rings. The lowest BCUT2D eigenvalue weighted by Crippen LogP contribution is -2.33. The summed E-state index contributed by atoms with van der Waals surface area (Å²) in [6.07, 6.45) is -1.98. The Bertz CT molecular complexity index is 1250. The average Bonchev–Trinajstić information content (AvgIpc) is 3.33. The SMILES string of the molecule is [N-]=[N+]=NC[C@H]1O[C@@H](n2c(SCC(=O)NCc3ccnc(Cl)c3)nc3c(N)ncnc32)[C@H](O)[C@@H]1O. The fourth-order valence-corrected chi connectivity index (χ4v) is 4.43. The maximum Gasteiger partial charge on any atom is 0.230 e. The van der Waals surface area contributed by atoms with E-state index in [1.807, 2.05) is 0 Å². The van der Waals surface area contributed by atoms with Crippen LogP contribution in [-0.2, 0) is 16.1 Å². The third-order valence-corrected chi connectivity index (χ3v) is 6.16. The first-order valence-corrected chi connectivity index (χ1v) is 11.3. The molecule has 0 aromatic carbocycles. The second kappa shape index (κ2) is 10.4. The molecule has 16 heteroatoms. The molecule has 178 valence electrons. The molecule has 1 saturated heterocycles. The lowest BCUT2D eigenvalue weighted by molar-refractivity contribution is -0.118. The van der Waals surface area contributed by atoms with Crippen LogP contribution in [-0.4, -0.2) is 71.2 Å². The Labute approximate surface area is 201 Å². The number of aliphatic hydroxyl groups is 2. The normalized spacial score (nSPS) is 22.0. The number of aliphatic hydroxyl groups excluding tert-OH is 2. The topological polar surface area (TPSA) is 210 Å². The summed E-state index contributed by atoms with van der Waals surface area (Å²) in [5, 5.41) is 27.8. The number of hydrogen-bond acceptors (Lipinski definition) is 11. The van der Waals surface area contributed by atoms with E-state index in [0.29, 0.717) is 5.15 Å². The van der Waals surface area contributed by atoms with Crippen molar-refractivity contribution in [3.63, 3.8) is 0 Å². The zero-order valence-electron chi connectivity index (χ0n) is 17.4. The van der Waals surface area contributed by atoms with Crippen molar-refractivity contribution in [3.8, 4) is 0 Å². The number of nitrogens with zero attached hydrogens (tertiary/aromatic N) is 8. The van der Waals surface area contributed by atoms with Gasteiger partial charge in [-0.25, -0.2) is 19.9 Å². The first kappa shape index (κ1) is 23.9. The minimum Gasteiger partial charge on any atom is -0.388 e. The van der Waals surface area contributed by atoms with Crippen LogP contribution in [0.5, 0.6) is 0 Å². The lowest BCUT2D eigenvalue weighted by Gasteiger charge is -2.19. The number of pyridine rings is 1. The summed E-state index contributed by atoms with van der Waals surface area (Å²) < 4.78 is 7.21. The van der Waals surface area contributed by atoms with Crippen molar-refractivity contribution in [1.29, 1.82) is 0 Å². The minimum atomic E-state index is -1.38. The van der Waals surface area contributed by atoms with Crippen molar-refractivity contribution < 1.29 is 19.7 Å². The molecule has 3 aromatic heterocycles. The van der Waals surface area contributed by atoms with Gasteiger partial charge in [-0.1, -0.05) is 28.5 Å². The van der Waals surface area contributed by atoms with Gasteiger partial charge in [0, 0.05) is 17.7 Å². The van der Waals surface area contributed by atoms with E-state index in [4.69, 9.17) is 27.6 Å². The maximum atomic E-state index is 12.4. The number of hydrogen-bond donors (Lipinski definition) is 4. The van der Waals surface area contributed by atoms with E-state index in [0.717, 1.165) is 17.3 Å². The molecule has 1 aliphatic rings. The number of amides is 1. The summed E-state index contributed by atoms with van der Waals surface area (Å²) in [4.78, 5) is 31.5. The summed E-state index contributed by atoms with van der Waals surface area (Å²) >= 11 is 6.92. The number of fused-ring (bicyclic) bond motifs is 1. The van der Waals surface area contributed by atoms with E-state index in [1.54, 1.807) is 18.3 Å². The highest BCUT2D eigenvalue weighted by molar-refractivity contribution is 7.99. The van der Waals surface area contributed by atoms with Crippen LogP contribution in [0.2, 0.25) is 5.15 Å². The molecule has 0 radical (unpaired) electrons. The molecule has 4 atom stereocenters. The van der Waals surface area contributed by atoms with Gasteiger partial charge in [-0.3, -0.25) is 9.36 Å². The lowest BCUT2D eigenvalue weighted by atomic mass is 10.1. The minimum absolute atomic E-state index is 0.0248. The van der Waals surface area contributed by atoms with Crippen molar-refractivity contribution >= 4 is 46.3 Å². The predicted octanol–water partition coefficient (Wildman–Crippen LogP) is 0.795. The number of aromatic nitrogens is 5. The standard InChI is InChI=1S/C18H19ClN10O4S/c19-10-3-8(1-2-22-10)4-23-11(30)6-34-18-27-12-15(20)24-7-25-16(12)29(18)17-14(32)13(31)9(33-17)5-26-28-21/h1-3,7,9,13-14,17,31-32H,4-6H2,(H,23,30)(H2,20,24,25)/t9-,13-,14-,17-/m1/s1. The van der Waals surface area contributed by atoms with Crippen LogP contribution in [0.3, 0.4) is 0 Å². The maximum absolute atomic E-state index is 12.4. The Kier molecular flexibility index (Phi) is 7.31. The Hall–Kier alpha value is -3.20. The van der Waals surface area contributed by atoms with Gasteiger partial charge in [0.2, 0.25) is 5.91 Å². The summed E-state index contributed by atoms with van der Waals surface area (Å²) in [5.74, 6) is -0.212. The molecule has 4 rings (SSSR count). The van der Waals surface area contributed by atoms with Gasteiger partial charge in [0.25, 0.3) is 0 Å². The summed E-state index contributed by atoms with van der Waals surface area (Å²) in [5.41, 5.74) is 15.8. The molecule has 4 heterocycles. The fraction of sp³-hybridized carbons (Fsp3) is 0.389. The number of nitrogens with one attached hydrogen (secondary N) is 1. The molecule has 5 N–H and O–H groups in total. The van der Waals surface area contributed by atoms with Crippen molar-refractivity contribution in [2.45, 2.75) is 36.2 Å². The second-order valence-electron chi connectivity index (χ2n) is 7.21. The summed E-state index contributed by atoms with van der Waals surface area (Å²) in [6, 6.07) is 3.38. The zero-order valence-corrected chi connectivity index (χ0v) is 19.0. The van der Waals surface area contributed by atoms with Crippen LogP contribution in [0.1, 0.15) is 11.8 Å². The van der Waals surface area contributed by atoms with Crippen molar-refractivity contribution in [1.82, 2.24) is 29.8 Å². The molecule has 3 aromatic rings. The fourth-order valence-electron chi connectivity index (χ4n) is 3.38. The zero-order chi connectivity index (χ0) is 24.2. The smallest absolute Gasteiger partial charge is 0.230 e. The quantitative estimate of drug-likeness (QED) is 0.111. The van der Waals surface area contributed by atoms with E-state index >= 15 is 0 Å². The molecule has 0 unspecified atom stereocenters. The van der Waals surface area contributed by atoms with E-state index in [1.165, 1.54) is 10.9 Å². The van der Waals surface area contributed by atoms with Gasteiger partial charge in [0.1, 0.15) is 23.7 Å². The molecule has 0 aliphatic carbocycles. The molecule has 0 bridgehead atoms. The molecule has 1 aliphatic heterocycles. The molecular weight excluding hydrogens is 488 g/mol. The van der Waals surface area contributed by atoms with E-state index in [2.05, 4.69) is 35.3 Å². The van der Waals surface area contributed by atoms with Gasteiger partial charge in [-0.15, -0.1) is 0 Å². The van der Waals surface area contributed by atoms with Crippen molar-refractivity contribution in [2.24, 2.45) is 5.11 Å². The third-order valence-electron chi connectivity index (χ3n) is 5.00. The Morgan fingerprint density at radius 3 is 2.97 bits per heavy atom. The van der Waals surface area contributed by atoms with Crippen LogP contribution in [0.25, 0.3) is 21.6 Å². The van der Waals surface area contributed by atoms with Crippen molar-refractivity contribution in [2.75, 3.05) is 18.0 Å². The van der Waals surface area contributed by atoms with E-state index < -0.39 is 24.5 Å². The average molecular weight is 507 g/mol. The van der Waals surface area contributed by atoms with E-state index in [9.17, 15) is 15.0 Å². The number of carbonyl (C=O) groups excluding carboxylic acids is 1. The molecule has 0 saturated carbocycles. The molecular formula is C18H19ClN10O4S. The monoisotopic (exact) mass is 506 g/mol. The van der Waals surface area contributed by atoms with Gasteiger partial charge in [-0.05, 0) is 23.2 Å².